The molecule has 0 aliphatic carbocycles. The Labute approximate surface area is 74.6 Å². The highest BCUT2D eigenvalue weighted by molar-refractivity contribution is 5.92. The van der Waals surface area contributed by atoms with E-state index in [0.717, 1.165) is 4.90 Å². The molecule has 0 radical (unpaired) electrons. The molecule has 5 nitrogen and oxygen atoms in total. The van der Waals surface area contributed by atoms with Gasteiger partial charge in [0.15, 0.2) is 5.76 Å². The summed E-state index contributed by atoms with van der Waals surface area (Å²) in [4.78, 5) is 22.4. The predicted octanol–water partition coefficient (Wildman–Crippen LogP) is -0.899. The summed E-state index contributed by atoms with van der Waals surface area (Å²) in [5.41, 5.74) is 0. The molecule has 1 amide bonds. The van der Waals surface area contributed by atoms with Crippen LogP contribution in [-0.2, 0) is 4.79 Å². The van der Waals surface area contributed by atoms with E-state index in [1.807, 2.05) is 0 Å². The summed E-state index contributed by atoms with van der Waals surface area (Å²) in [6.45, 7) is -0.445. The van der Waals surface area contributed by atoms with Crippen LogP contribution in [0.5, 0.6) is 0 Å². The predicted molar refractivity (Wildman–Crippen MR) is 40.7 cm³/mol. The third-order valence-electron chi connectivity index (χ3n) is 1.44. The molecule has 0 aromatic carbocycles. The minimum atomic E-state index is -1.30. The van der Waals surface area contributed by atoms with Gasteiger partial charge in [0.2, 0.25) is 0 Å². The average molecular weight is 182 g/mol. The molecule has 70 valence electrons. The van der Waals surface area contributed by atoms with Gasteiger partial charge in [0.25, 0.3) is 5.91 Å². The van der Waals surface area contributed by atoms with E-state index < -0.39 is 18.4 Å². The number of amides is 1. The van der Waals surface area contributed by atoms with E-state index >= 15 is 0 Å². The molecule has 0 saturated heterocycles. The number of nitrogens with zero attached hydrogens (tertiary/aromatic N) is 1. The minimum absolute atomic E-state index is 0.115. The van der Waals surface area contributed by atoms with Crippen LogP contribution in [-0.4, -0.2) is 30.4 Å². The number of likely N-dealkylation sites (N-methyl/N-ethyl adjacent to an activating group) is 1. The maximum Gasteiger partial charge on any atom is 0.289 e. The van der Waals surface area contributed by atoms with Gasteiger partial charge in [-0.2, -0.15) is 0 Å². The highest BCUT2D eigenvalue weighted by Gasteiger charge is 2.13. The molecule has 13 heavy (non-hydrogen) atoms. The number of hydrogen-bond donors (Lipinski definition) is 0. The van der Waals surface area contributed by atoms with Crippen molar-refractivity contribution in [3.63, 3.8) is 0 Å². The molecule has 0 unspecified atom stereocenters. The van der Waals surface area contributed by atoms with Crippen LogP contribution in [0.2, 0.25) is 0 Å². The number of hydrogen-bond acceptors (Lipinski definition) is 4. The largest absolute Gasteiger partial charge is 0.548 e. The molecular weight excluding hydrogens is 174 g/mol. The molecule has 0 saturated carbocycles. The molecule has 1 aromatic heterocycles. The van der Waals surface area contributed by atoms with E-state index in [9.17, 15) is 14.7 Å². The summed E-state index contributed by atoms with van der Waals surface area (Å²) >= 11 is 0. The molecule has 0 spiro atoms. The Kier molecular flexibility index (Phi) is 2.69. The van der Waals surface area contributed by atoms with Crippen molar-refractivity contribution in [1.29, 1.82) is 0 Å². The van der Waals surface area contributed by atoms with Crippen molar-refractivity contribution in [3.05, 3.63) is 24.2 Å². The maximum atomic E-state index is 11.3. The Bertz CT molecular complexity index is 304. The standard InChI is InChI=1S/C8H9NO4/c1-9(5-7(10)11)8(12)6-3-2-4-13-6/h2-4H,5H2,1H3,(H,10,11)/p-1. The lowest BCUT2D eigenvalue weighted by molar-refractivity contribution is -0.305. The van der Waals surface area contributed by atoms with Crippen molar-refractivity contribution in [2.24, 2.45) is 0 Å². The van der Waals surface area contributed by atoms with Gasteiger partial charge in [-0.25, -0.2) is 0 Å². The number of carboxylic acids is 1. The summed E-state index contributed by atoms with van der Waals surface area (Å²) < 4.78 is 4.79. The fourth-order valence-electron chi connectivity index (χ4n) is 0.854. The number of carbonyl (C=O) groups is 2. The number of carboxylic acid groups (broad SMARTS) is 1. The van der Waals surface area contributed by atoms with Crippen LogP contribution in [0.1, 0.15) is 10.6 Å². The number of carbonyl (C=O) groups excluding carboxylic acids is 2. The first-order chi connectivity index (χ1) is 6.11. The van der Waals surface area contributed by atoms with Gasteiger partial charge in [-0.1, -0.05) is 0 Å². The van der Waals surface area contributed by atoms with Gasteiger partial charge >= 0.3 is 0 Å². The monoisotopic (exact) mass is 182 g/mol. The second kappa shape index (κ2) is 3.75. The van der Waals surface area contributed by atoms with Crippen molar-refractivity contribution < 1.29 is 19.1 Å². The molecule has 0 aliphatic rings. The van der Waals surface area contributed by atoms with Crippen molar-refractivity contribution in [3.8, 4) is 0 Å². The Hall–Kier alpha value is -1.78. The van der Waals surface area contributed by atoms with E-state index in [1.54, 1.807) is 6.07 Å². The molecule has 0 bridgehead atoms. The number of furan rings is 1. The van der Waals surface area contributed by atoms with E-state index in [2.05, 4.69) is 0 Å². The van der Waals surface area contributed by atoms with Crippen LogP contribution in [0.25, 0.3) is 0 Å². The lowest BCUT2D eigenvalue weighted by atomic mass is 10.4. The van der Waals surface area contributed by atoms with Gasteiger partial charge in [0, 0.05) is 7.05 Å². The van der Waals surface area contributed by atoms with Gasteiger partial charge in [0.05, 0.1) is 18.8 Å². The SMILES string of the molecule is CN(CC(=O)[O-])C(=O)c1ccco1. The normalized spacial score (nSPS) is 9.62. The zero-order valence-electron chi connectivity index (χ0n) is 7.02. The molecule has 1 rings (SSSR count). The lowest BCUT2D eigenvalue weighted by Crippen LogP contribution is -2.38. The van der Waals surface area contributed by atoms with Crippen molar-refractivity contribution in [1.82, 2.24) is 4.90 Å². The van der Waals surface area contributed by atoms with Crippen LogP contribution in [0.15, 0.2) is 22.8 Å². The lowest BCUT2D eigenvalue weighted by Gasteiger charge is -2.15. The van der Waals surface area contributed by atoms with Crippen LogP contribution in [0.4, 0.5) is 0 Å². The highest BCUT2D eigenvalue weighted by Crippen LogP contribution is 2.03. The van der Waals surface area contributed by atoms with Crippen LogP contribution >= 0.6 is 0 Å². The van der Waals surface area contributed by atoms with Crippen LogP contribution in [0.3, 0.4) is 0 Å². The molecule has 0 aliphatic heterocycles. The average Bonchev–Trinajstić information content (AvgIpc) is 2.53. The third-order valence-corrected chi connectivity index (χ3v) is 1.44. The Morgan fingerprint density at radius 3 is 2.77 bits per heavy atom. The molecule has 5 heteroatoms. The van der Waals surface area contributed by atoms with Gasteiger partial charge < -0.3 is 19.2 Å². The van der Waals surface area contributed by atoms with Crippen LogP contribution in [0, 0.1) is 0 Å². The first-order valence-corrected chi connectivity index (χ1v) is 3.60. The third kappa shape index (κ3) is 2.33. The Balaban J connectivity index is 2.63. The summed E-state index contributed by atoms with van der Waals surface area (Å²) in [5.74, 6) is -1.67. The number of rotatable bonds is 3. The fourth-order valence-corrected chi connectivity index (χ4v) is 0.854. The second-order valence-corrected chi connectivity index (χ2v) is 2.51. The minimum Gasteiger partial charge on any atom is -0.548 e. The van der Waals surface area contributed by atoms with E-state index in [-0.39, 0.29) is 5.76 Å². The zero-order chi connectivity index (χ0) is 9.84. The molecule has 1 aromatic rings. The summed E-state index contributed by atoms with van der Waals surface area (Å²) in [6, 6.07) is 3.02. The molecule has 0 N–H and O–H groups in total. The quantitative estimate of drug-likeness (QED) is 0.607. The topological polar surface area (TPSA) is 73.6 Å². The van der Waals surface area contributed by atoms with Crippen molar-refractivity contribution >= 4 is 11.9 Å². The first-order valence-electron chi connectivity index (χ1n) is 3.60. The second-order valence-electron chi connectivity index (χ2n) is 2.51. The van der Waals surface area contributed by atoms with Gasteiger partial charge in [0.1, 0.15) is 0 Å². The molecule has 0 fully saturated rings. The Morgan fingerprint density at radius 1 is 1.62 bits per heavy atom. The van der Waals surface area contributed by atoms with Gasteiger partial charge in [-0.15, -0.1) is 0 Å². The molecular formula is C8H8NO4-. The van der Waals surface area contributed by atoms with Gasteiger partial charge in [-0.3, -0.25) is 4.79 Å². The fraction of sp³-hybridized carbons (Fsp3) is 0.250. The zero-order valence-corrected chi connectivity index (χ0v) is 7.02. The maximum absolute atomic E-state index is 11.3. The van der Waals surface area contributed by atoms with Crippen molar-refractivity contribution in [2.75, 3.05) is 13.6 Å². The first kappa shape index (κ1) is 9.31. The summed E-state index contributed by atoms with van der Waals surface area (Å²) in [7, 11) is 1.36. The van der Waals surface area contributed by atoms with E-state index in [1.165, 1.54) is 19.4 Å². The molecule has 0 atom stereocenters. The van der Waals surface area contributed by atoms with Crippen molar-refractivity contribution in [2.45, 2.75) is 0 Å². The number of aliphatic carboxylic acids is 1. The summed E-state index contributed by atoms with van der Waals surface area (Å²) in [6.07, 6.45) is 1.35. The smallest absolute Gasteiger partial charge is 0.289 e. The van der Waals surface area contributed by atoms with E-state index in [0.29, 0.717) is 0 Å². The van der Waals surface area contributed by atoms with Gasteiger partial charge in [-0.05, 0) is 12.1 Å². The Morgan fingerprint density at radius 2 is 2.31 bits per heavy atom. The van der Waals surface area contributed by atoms with Crippen LogP contribution < -0.4 is 5.11 Å². The summed E-state index contributed by atoms with van der Waals surface area (Å²) in [5, 5.41) is 10.1. The molecule has 1 heterocycles. The van der Waals surface area contributed by atoms with E-state index in [4.69, 9.17) is 4.42 Å². The highest BCUT2D eigenvalue weighted by atomic mass is 16.4.